The maximum absolute atomic E-state index is 10.9. The normalized spacial score (nSPS) is 15.1. The van der Waals surface area contributed by atoms with Crippen LogP contribution < -0.4 is 0 Å². The van der Waals surface area contributed by atoms with Crippen molar-refractivity contribution in [2.45, 2.75) is 19.6 Å². The molecule has 0 aromatic rings. The van der Waals surface area contributed by atoms with Crippen molar-refractivity contribution < 1.29 is 31.4 Å². The summed E-state index contributed by atoms with van der Waals surface area (Å²) >= 11 is 0. The highest BCUT2D eigenvalue weighted by atomic mass is 32.3. The first-order valence-corrected chi connectivity index (χ1v) is 5.26. The minimum atomic E-state index is -4.76. The van der Waals surface area contributed by atoms with Crippen molar-refractivity contribution in [1.82, 2.24) is 0 Å². The van der Waals surface area contributed by atoms with Gasteiger partial charge >= 0.3 is 16.6 Å². The molecule has 0 aliphatic heterocycles. The minimum Gasteiger partial charge on any atom is -0.435 e. The van der Waals surface area contributed by atoms with Crippen LogP contribution in [0.4, 0.5) is 4.79 Å². The van der Waals surface area contributed by atoms with Crippen LogP contribution in [-0.4, -0.2) is 31.5 Å². The third-order valence-corrected chi connectivity index (χ3v) is 1.73. The molecule has 0 amide bonds. The second-order valence-corrected chi connectivity index (χ2v) is 3.54. The average molecular weight is 240 g/mol. The molecule has 1 atom stereocenters. The topological polar surface area (TPSA) is 99.1 Å². The molecule has 0 saturated carbocycles. The van der Waals surface area contributed by atoms with Crippen LogP contribution in [0.25, 0.3) is 0 Å². The number of ether oxygens (including phenoxy) is 2. The van der Waals surface area contributed by atoms with Gasteiger partial charge in [0.05, 0.1) is 6.61 Å². The van der Waals surface area contributed by atoms with Crippen molar-refractivity contribution in [2.24, 2.45) is 0 Å². The van der Waals surface area contributed by atoms with Crippen molar-refractivity contribution in [3.05, 3.63) is 12.7 Å². The molecule has 0 radical (unpaired) electrons. The van der Waals surface area contributed by atoms with Crippen LogP contribution in [0.1, 0.15) is 13.8 Å². The molecule has 88 valence electrons. The summed E-state index contributed by atoms with van der Waals surface area (Å²) in [5.41, 5.74) is 0. The fraction of sp³-hybridized carbons (Fsp3) is 0.571. The summed E-state index contributed by atoms with van der Waals surface area (Å²) in [6.45, 7) is 5.86. The summed E-state index contributed by atoms with van der Waals surface area (Å²) in [7, 11) is -4.76. The average Bonchev–Trinajstić information content (AvgIpc) is 2.00. The van der Waals surface area contributed by atoms with Gasteiger partial charge in [-0.2, -0.15) is 12.6 Å². The zero-order valence-corrected chi connectivity index (χ0v) is 9.11. The quantitative estimate of drug-likeness (QED) is 0.329. The van der Waals surface area contributed by atoms with Crippen LogP contribution in [0, 0.1) is 0 Å². The molecule has 0 aliphatic carbocycles. The van der Waals surface area contributed by atoms with Crippen molar-refractivity contribution in [1.29, 1.82) is 0 Å². The number of carbonyl (C=O) groups is 1. The third kappa shape index (κ3) is 6.05. The fourth-order valence-corrected chi connectivity index (χ4v) is 1.13. The molecule has 0 fully saturated rings. The Morgan fingerprint density at radius 3 is 2.47 bits per heavy atom. The Balaban J connectivity index is 4.58. The summed E-state index contributed by atoms with van der Waals surface area (Å²) in [4.78, 5) is 10.9. The first-order valence-electron chi connectivity index (χ1n) is 3.90. The molecule has 7 nitrogen and oxygen atoms in total. The summed E-state index contributed by atoms with van der Waals surface area (Å²) in [6, 6.07) is 0. The number of hydrogen-bond acceptors (Lipinski definition) is 6. The van der Waals surface area contributed by atoms with E-state index in [1.165, 1.54) is 6.92 Å². The smallest absolute Gasteiger partial charge is 0.435 e. The molecule has 1 unspecified atom stereocenters. The fourth-order valence-electron chi connectivity index (χ4n) is 0.615. The highest BCUT2D eigenvalue weighted by molar-refractivity contribution is 7.80. The van der Waals surface area contributed by atoms with Gasteiger partial charge < -0.3 is 9.47 Å². The molecule has 0 heterocycles. The van der Waals surface area contributed by atoms with Gasteiger partial charge in [0.25, 0.3) is 5.79 Å². The Morgan fingerprint density at radius 1 is 1.60 bits per heavy atom. The Morgan fingerprint density at radius 2 is 2.13 bits per heavy atom. The van der Waals surface area contributed by atoms with E-state index in [2.05, 4.69) is 20.2 Å². The van der Waals surface area contributed by atoms with Gasteiger partial charge in [-0.1, -0.05) is 6.58 Å². The summed E-state index contributed by atoms with van der Waals surface area (Å²) in [5.74, 6) is -2.00. The largest absolute Gasteiger partial charge is 0.511 e. The molecule has 0 saturated heterocycles. The lowest BCUT2D eigenvalue weighted by Crippen LogP contribution is -2.35. The van der Waals surface area contributed by atoms with Crippen molar-refractivity contribution in [2.75, 3.05) is 6.61 Å². The van der Waals surface area contributed by atoms with E-state index in [1.807, 2.05) is 0 Å². The van der Waals surface area contributed by atoms with Gasteiger partial charge in [0.1, 0.15) is 0 Å². The second-order valence-electron chi connectivity index (χ2n) is 2.52. The van der Waals surface area contributed by atoms with Gasteiger partial charge in [0, 0.05) is 6.92 Å². The monoisotopic (exact) mass is 240 g/mol. The molecule has 0 spiro atoms. The number of hydrogen-bond donors (Lipinski definition) is 1. The zero-order valence-electron chi connectivity index (χ0n) is 8.30. The molecular formula is C7H12O7S. The Labute approximate surface area is 87.6 Å². The summed E-state index contributed by atoms with van der Waals surface area (Å²) in [6.07, 6.45) is -0.249. The van der Waals surface area contributed by atoms with Gasteiger partial charge in [0.2, 0.25) is 0 Å². The van der Waals surface area contributed by atoms with Gasteiger partial charge in [-0.3, -0.25) is 4.55 Å². The highest BCUT2D eigenvalue weighted by Crippen LogP contribution is 2.17. The Kier molecular flexibility index (Phi) is 4.72. The molecular weight excluding hydrogens is 228 g/mol. The Hall–Kier alpha value is -1.12. The molecule has 0 aliphatic rings. The number of rotatable bonds is 5. The number of carbonyl (C=O) groups excluding carboxylic acids is 1. The maximum Gasteiger partial charge on any atom is 0.511 e. The van der Waals surface area contributed by atoms with E-state index in [0.717, 1.165) is 13.0 Å². The van der Waals surface area contributed by atoms with Gasteiger partial charge in [-0.05, 0) is 13.0 Å². The summed E-state index contributed by atoms with van der Waals surface area (Å²) in [5, 5.41) is 0. The second kappa shape index (κ2) is 5.10. The van der Waals surface area contributed by atoms with E-state index in [1.54, 1.807) is 0 Å². The molecule has 0 aromatic carbocycles. The van der Waals surface area contributed by atoms with Crippen molar-refractivity contribution >= 4 is 16.6 Å². The van der Waals surface area contributed by atoms with E-state index >= 15 is 0 Å². The lowest BCUT2D eigenvalue weighted by Gasteiger charge is -2.22. The van der Waals surface area contributed by atoms with Crippen LogP contribution in [0.3, 0.4) is 0 Å². The molecule has 0 aromatic heterocycles. The first-order chi connectivity index (χ1) is 6.72. The van der Waals surface area contributed by atoms with Gasteiger partial charge in [-0.15, -0.1) is 0 Å². The maximum atomic E-state index is 10.9. The van der Waals surface area contributed by atoms with E-state index in [-0.39, 0.29) is 6.61 Å². The third-order valence-electron chi connectivity index (χ3n) is 1.19. The van der Waals surface area contributed by atoms with E-state index in [4.69, 9.17) is 4.55 Å². The van der Waals surface area contributed by atoms with Crippen LogP contribution >= 0.6 is 0 Å². The van der Waals surface area contributed by atoms with Gasteiger partial charge in [-0.25, -0.2) is 4.79 Å². The predicted octanol–water partition coefficient (Wildman–Crippen LogP) is 0.881. The van der Waals surface area contributed by atoms with Crippen LogP contribution in [-0.2, 0) is 24.1 Å². The summed E-state index contributed by atoms with van der Waals surface area (Å²) < 4.78 is 42.1. The predicted molar refractivity (Wildman–Crippen MR) is 49.3 cm³/mol. The van der Waals surface area contributed by atoms with Gasteiger partial charge in [0.15, 0.2) is 0 Å². The molecule has 15 heavy (non-hydrogen) atoms. The Bertz CT molecular complexity index is 333. The van der Waals surface area contributed by atoms with E-state index in [0.29, 0.717) is 0 Å². The van der Waals surface area contributed by atoms with Crippen molar-refractivity contribution in [3.8, 4) is 0 Å². The van der Waals surface area contributed by atoms with Crippen LogP contribution in [0.5, 0.6) is 0 Å². The van der Waals surface area contributed by atoms with Crippen LogP contribution in [0.2, 0.25) is 0 Å². The standard InChI is InChI=1S/C7H12O7S/c1-4-7(3,14-15(9,10)11)13-6(8)12-5-2/h4H,1,5H2,2-3H3,(H,9,10,11). The molecule has 1 N–H and O–H groups in total. The zero-order chi connectivity index (χ0) is 12.1. The minimum absolute atomic E-state index is 0.0535. The highest BCUT2D eigenvalue weighted by Gasteiger charge is 2.32. The van der Waals surface area contributed by atoms with Crippen molar-refractivity contribution in [3.63, 3.8) is 0 Å². The van der Waals surface area contributed by atoms with E-state index in [9.17, 15) is 13.2 Å². The molecule has 8 heteroatoms. The first kappa shape index (κ1) is 13.9. The van der Waals surface area contributed by atoms with Crippen LogP contribution in [0.15, 0.2) is 12.7 Å². The molecule has 0 bridgehead atoms. The lowest BCUT2D eigenvalue weighted by atomic mass is 10.3. The van der Waals surface area contributed by atoms with E-state index < -0.39 is 22.3 Å². The SMILES string of the molecule is C=CC(C)(OC(=O)OCC)OS(=O)(=O)O. The lowest BCUT2D eigenvalue weighted by molar-refractivity contribution is -0.109. The molecule has 0 rings (SSSR count).